The number of amides is 3. The van der Waals surface area contributed by atoms with Crippen LogP contribution in [-0.2, 0) is 19.2 Å². The first-order chi connectivity index (χ1) is 15.9. The lowest BCUT2D eigenvalue weighted by molar-refractivity contribution is -0.181. The Labute approximate surface area is 202 Å². The topological polar surface area (TPSA) is 102 Å². The van der Waals surface area contributed by atoms with Gasteiger partial charge in [0.05, 0.1) is 19.1 Å². The standard InChI is InChI=1S/C24H32BrN3O5/c1-32-18-12-11-15(25)14-17(18)21-20-22(33-27(21)13-7-3-6-10-19(26)29)24(31)28(23(20)30)16-8-4-2-5-9-16/h11-12,14,16,20-22H,2-10,13H2,1H3,(H2,26,29). The smallest absolute Gasteiger partial charge is 0.261 e. The van der Waals surface area contributed by atoms with Gasteiger partial charge in [-0.1, -0.05) is 41.6 Å². The quantitative estimate of drug-likeness (QED) is 0.394. The number of methoxy groups -OCH3 is 1. The van der Waals surface area contributed by atoms with E-state index in [2.05, 4.69) is 15.9 Å². The molecule has 33 heavy (non-hydrogen) atoms. The Morgan fingerprint density at radius 2 is 1.91 bits per heavy atom. The van der Waals surface area contributed by atoms with Crippen LogP contribution in [0.5, 0.6) is 5.75 Å². The van der Waals surface area contributed by atoms with Gasteiger partial charge in [-0.05, 0) is 43.9 Å². The van der Waals surface area contributed by atoms with Crippen LogP contribution in [0.1, 0.15) is 69.4 Å². The Bertz CT molecular complexity index is 904. The minimum atomic E-state index is -0.807. The van der Waals surface area contributed by atoms with E-state index in [1.807, 2.05) is 18.2 Å². The van der Waals surface area contributed by atoms with Crippen molar-refractivity contribution in [2.24, 2.45) is 11.7 Å². The third kappa shape index (κ3) is 4.95. The molecule has 1 aromatic rings. The summed E-state index contributed by atoms with van der Waals surface area (Å²) in [5, 5.41) is 1.78. The van der Waals surface area contributed by atoms with Crippen LogP contribution in [0.4, 0.5) is 0 Å². The Morgan fingerprint density at radius 3 is 2.61 bits per heavy atom. The second-order valence-corrected chi connectivity index (χ2v) is 10.1. The second kappa shape index (κ2) is 10.5. The molecule has 2 aliphatic heterocycles. The molecule has 1 aliphatic carbocycles. The molecule has 1 saturated carbocycles. The fourth-order valence-electron chi connectivity index (χ4n) is 5.41. The van der Waals surface area contributed by atoms with Crippen LogP contribution in [0.3, 0.4) is 0 Å². The monoisotopic (exact) mass is 521 g/mol. The van der Waals surface area contributed by atoms with Gasteiger partial charge in [0, 0.05) is 29.0 Å². The third-order valence-corrected chi connectivity index (χ3v) is 7.47. The zero-order valence-electron chi connectivity index (χ0n) is 19.0. The van der Waals surface area contributed by atoms with Crippen molar-refractivity contribution in [2.75, 3.05) is 13.7 Å². The predicted octanol–water partition coefficient (Wildman–Crippen LogP) is 3.48. The maximum Gasteiger partial charge on any atom is 0.261 e. The molecule has 0 radical (unpaired) electrons. The largest absolute Gasteiger partial charge is 0.496 e. The number of likely N-dealkylation sites (tertiary alicyclic amines) is 1. The molecule has 3 amide bonds. The normalized spacial score (nSPS) is 26.1. The molecule has 2 N–H and O–H groups in total. The van der Waals surface area contributed by atoms with E-state index >= 15 is 0 Å². The van der Waals surface area contributed by atoms with Gasteiger partial charge in [-0.15, -0.1) is 0 Å². The fraction of sp³-hybridized carbons (Fsp3) is 0.625. The number of fused-ring (bicyclic) bond motifs is 1. The van der Waals surface area contributed by atoms with Crippen molar-refractivity contribution in [3.8, 4) is 5.75 Å². The maximum atomic E-state index is 13.7. The molecule has 3 unspecified atom stereocenters. The van der Waals surface area contributed by atoms with Crippen LogP contribution in [0.15, 0.2) is 22.7 Å². The molecule has 8 nitrogen and oxygen atoms in total. The molecule has 2 heterocycles. The summed E-state index contributed by atoms with van der Waals surface area (Å²) in [6, 6.07) is 5.23. The van der Waals surface area contributed by atoms with Crippen molar-refractivity contribution in [3.05, 3.63) is 28.2 Å². The lowest BCUT2D eigenvalue weighted by Gasteiger charge is -2.32. The number of hydrogen-bond acceptors (Lipinski definition) is 6. The van der Waals surface area contributed by atoms with Gasteiger partial charge < -0.3 is 10.5 Å². The number of nitrogens with two attached hydrogens (primary N) is 1. The Morgan fingerprint density at radius 1 is 1.15 bits per heavy atom. The van der Waals surface area contributed by atoms with Crippen molar-refractivity contribution >= 4 is 33.7 Å². The highest BCUT2D eigenvalue weighted by Crippen LogP contribution is 2.48. The van der Waals surface area contributed by atoms with Crippen molar-refractivity contribution in [1.82, 2.24) is 9.96 Å². The van der Waals surface area contributed by atoms with Crippen molar-refractivity contribution < 1.29 is 24.0 Å². The fourth-order valence-corrected chi connectivity index (χ4v) is 5.79. The Kier molecular flexibility index (Phi) is 7.71. The summed E-state index contributed by atoms with van der Waals surface area (Å²) in [4.78, 5) is 45.7. The maximum absolute atomic E-state index is 13.7. The van der Waals surface area contributed by atoms with Crippen LogP contribution in [0.2, 0.25) is 0 Å². The summed E-state index contributed by atoms with van der Waals surface area (Å²) in [7, 11) is 1.60. The molecule has 180 valence electrons. The van der Waals surface area contributed by atoms with Gasteiger partial charge in [-0.2, -0.15) is 5.06 Å². The molecular formula is C24H32BrN3O5. The number of halogens is 1. The van der Waals surface area contributed by atoms with E-state index < -0.39 is 18.1 Å². The third-order valence-electron chi connectivity index (χ3n) is 6.98. The number of benzene rings is 1. The molecule has 3 atom stereocenters. The Hall–Kier alpha value is -1.97. The molecule has 3 fully saturated rings. The first-order valence-corrected chi connectivity index (χ1v) is 12.6. The van der Waals surface area contributed by atoms with E-state index in [1.165, 1.54) is 4.90 Å². The SMILES string of the molecule is COc1ccc(Br)cc1C1C2C(=O)N(C3CCCCC3)C(=O)C2ON1CCCCCC(N)=O. The van der Waals surface area contributed by atoms with E-state index in [0.29, 0.717) is 25.1 Å². The van der Waals surface area contributed by atoms with Crippen LogP contribution in [0, 0.1) is 5.92 Å². The molecule has 9 heteroatoms. The number of nitrogens with zero attached hydrogens (tertiary/aromatic N) is 2. The van der Waals surface area contributed by atoms with Gasteiger partial charge in [0.2, 0.25) is 11.8 Å². The van der Waals surface area contributed by atoms with E-state index in [0.717, 1.165) is 55.0 Å². The number of rotatable bonds is 9. The van der Waals surface area contributed by atoms with Gasteiger partial charge in [0.25, 0.3) is 5.91 Å². The number of imide groups is 1. The second-order valence-electron chi connectivity index (χ2n) is 9.14. The summed E-state index contributed by atoms with van der Waals surface area (Å²) < 4.78 is 6.48. The molecule has 0 aromatic heterocycles. The van der Waals surface area contributed by atoms with Crippen molar-refractivity contribution in [1.29, 1.82) is 0 Å². The van der Waals surface area contributed by atoms with Gasteiger partial charge in [0.15, 0.2) is 6.10 Å². The highest BCUT2D eigenvalue weighted by atomic mass is 79.9. The zero-order valence-corrected chi connectivity index (χ0v) is 20.6. The molecule has 1 aromatic carbocycles. The number of hydroxylamine groups is 2. The number of carbonyl (C=O) groups excluding carboxylic acids is 3. The average Bonchev–Trinajstić information content (AvgIpc) is 3.29. The van der Waals surface area contributed by atoms with E-state index in [-0.39, 0.29) is 23.8 Å². The van der Waals surface area contributed by atoms with E-state index in [1.54, 1.807) is 12.2 Å². The predicted molar refractivity (Wildman–Crippen MR) is 125 cm³/mol. The van der Waals surface area contributed by atoms with Crippen LogP contribution in [-0.4, -0.2) is 53.5 Å². The molecule has 4 rings (SSSR count). The van der Waals surface area contributed by atoms with Gasteiger partial charge in [0.1, 0.15) is 5.75 Å². The van der Waals surface area contributed by atoms with Crippen molar-refractivity contribution in [3.63, 3.8) is 0 Å². The summed E-state index contributed by atoms with van der Waals surface area (Å²) in [6.07, 6.45) is 6.77. The lowest BCUT2D eigenvalue weighted by atomic mass is 9.89. The highest BCUT2D eigenvalue weighted by molar-refractivity contribution is 9.10. The summed E-state index contributed by atoms with van der Waals surface area (Å²) in [5.41, 5.74) is 6.06. The zero-order chi connectivity index (χ0) is 23.5. The molecule has 3 aliphatic rings. The summed E-state index contributed by atoms with van der Waals surface area (Å²) in [6.45, 7) is 0.538. The average molecular weight is 522 g/mol. The number of carbonyl (C=O) groups is 3. The number of primary amides is 1. The van der Waals surface area contributed by atoms with Crippen LogP contribution in [0.25, 0.3) is 0 Å². The highest BCUT2D eigenvalue weighted by Gasteiger charge is 2.61. The molecule has 0 bridgehead atoms. The number of unbranched alkanes of at least 4 members (excludes halogenated alkanes) is 2. The van der Waals surface area contributed by atoms with Gasteiger partial charge in [-0.3, -0.25) is 24.1 Å². The van der Waals surface area contributed by atoms with E-state index in [9.17, 15) is 14.4 Å². The summed E-state index contributed by atoms with van der Waals surface area (Å²) in [5.74, 6) is -0.610. The van der Waals surface area contributed by atoms with Gasteiger partial charge >= 0.3 is 0 Å². The molecular weight excluding hydrogens is 490 g/mol. The minimum Gasteiger partial charge on any atom is -0.496 e. The van der Waals surface area contributed by atoms with Crippen LogP contribution < -0.4 is 10.5 Å². The molecule has 0 spiro atoms. The van der Waals surface area contributed by atoms with Gasteiger partial charge in [-0.25, -0.2) is 0 Å². The first kappa shape index (κ1) is 24.2. The Balaban J connectivity index is 1.59. The minimum absolute atomic E-state index is 0.0275. The van der Waals surface area contributed by atoms with Crippen molar-refractivity contribution in [2.45, 2.75) is 76.0 Å². The van der Waals surface area contributed by atoms with E-state index in [4.69, 9.17) is 15.3 Å². The first-order valence-electron chi connectivity index (χ1n) is 11.8. The number of hydrogen-bond donors (Lipinski definition) is 1. The summed E-state index contributed by atoms with van der Waals surface area (Å²) >= 11 is 3.53. The van der Waals surface area contributed by atoms with Crippen LogP contribution >= 0.6 is 15.9 Å². The number of ether oxygens (including phenoxy) is 1. The molecule has 2 saturated heterocycles. The lowest BCUT2D eigenvalue weighted by Crippen LogP contribution is -2.44.